The lowest BCUT2D eigenvalue weighted by atomic mass is 10.3. The molecule has 0 aromatic carbocycles. The van der Waals surface area contributed by atoms with Crippen LogP contribution in [0.5, 0.6) is 0 Å². The van der Waals surface area contributed by atoms with Gasteiger partial charge in [0.05, 0.1) is 11.5 Å². The zero-order chi connectivity index (χ0) is 12.4. The molecule has 0 amide bonds. The molecule has 1 saturated heterocycles. The van der Waals surface area contributed by atoms with Crippen LogP contribution in [0.25, 0.3) is 0 Å². The third kappa shape index (κ3) is 2.41. The first kappa shape index (κ1) is 11.5. The lowest BCUT2D eigenvalue weighted by Gasteiger charge is -2.05. The monoisotopic (exact) mass is 257 g/mol. The van der Waals surface area contributed by atoms with Crippen molar-refractivity contribution in [1.82, 2.24) is 0 Å². The van der Waals surface area contributed by atoms with Gasteiger partial charge in [0.25, 0.3) is 0 Å². The van der Waals surface area contributed by atoms with Crippen LogP contribution in [0.1, 0.15) is 16.1 Å². The minimum Gasteiger partial charge on any atom is -0.463 e. The molecule has 1 aromatic heterocycles. The van der Waals surface area contributed by atoms with Gasteiger partial charge in [0.1, 0.15) is 4.88 Å². The van der Waals surface area contributed by atoms with Crippen LogP contribution < -0.4 is 0 Å². The number of rotatable bonds is 3. The zero-order valence-corrected chi connectivity index (χ0v) is 9.27. The maximum absolute atomic E-state index is 11.5. The van der Waals surface area contributed by atoms with Crippen LogP contribution in [0.4, 0.5) is 5.00 Å². The van der Waals surface area contributed by atoms with Gasteiger partial charge in [-0.15, -0.1) is 0 Å². The van der Waals surface area contributed by atoms with E-state index in [0.29, 0.717) is 17.8 Å². The number of esters is 2. The summed E-state index contributed by atoms with van der Waals surface area (Å²) in [6.45, 7) is 0.224. The highest BCUT2D eigenvalue weighted by atomic mass is 32.1. The Kier molecular flexibility index (Phi) is 3.05. The number of nitrogens with zero attached hydrogens (tertiary/aromatic N) is 1. The molecule has 2 heterocycles. The summed E-state index contributed by atoms with van der Waals surface area (Å²) in [6.07, 6.45) is -0.582. The Bertz CT molecular complexity index is 482. The molecule has 0 aliphatic carbocycles. The van der Waals surface area contributed by atoms with Crippen molar-refractivity contribution in [3.05, 3.63) is 27.1 Å². The summed E-state index contributed by atoms with van der Waals surface area (Å²) in [5, 5.41) is 10.3. The van der Waals surface area contributed by atoms with Crippen LogP contribution in [0.2, 0.25) is 0 Å². The molecule has 2 rings (SSSR count). The van der Waals surface area contributed by atoms with Gasteiger partial charge in [0.15, 0.2) is 0 Å². The predicted molar refractivity (Wildman–Crippen MR) is 55.8 cm³/mol. The fraction of sp³-hybridized carbons (Fsp3) is 0.333. The van der Waals surface area contributed by atoms with Crippen molar-refractivity contribution in [1.29, 1.82) is 0 Å². The lowest BCUT2D eigenvalue weighted by Crippen LogP contribution is -2.22. The first-order valence-electron chi connectivity index (χ1n) is 4.70. The summed E-state index contributed by atoms with van der Waals surface area (Å²) in [5.74, 6) is -1.32. The van der Waals surface area contributed by atoms with Gasteiger partial charge >= 0.3 is 16.9 Å². The van der Waals surface area contributed by atoms with E-state index in [-0.39, 0.29) is 16.5 Å². The van der Waals surface area contributed by atoms with Gasteiger partial charge in [0, 0.05) is 12.5 Å². The third-order valence-corrected chi connectivity index (χ3v) is 3.13. The van der Waals surface area contributed by atoms with Gasteiger partial charge in [-0.2, -0.15) is 0 Å². The number of ether oxygens (including phenoxy) is 2. The van der Waals surface area contributed by atoms with Crippen molar-refractivity contribution in [3.63, 3.8) is 0 Å². The maximum atomic E-state index is 11.5. The fourth-order valence-corrected chi connectivity index (χ4v) is 2.01. The average Bonchev–Trinajstić information content (AvgIpc) is 2.88. The molecule has 7 nitrogen and oxygen atoms in total. The van der Waals surface area contributed by atoms with Gasteiger partial charge in [-0.1, -0.05) is 11.3 Å². The van der Waals surface area contributed by atoms with Crippen LogP contribution in [0.15, 0.2) is 12.1 Å². The van der Waals surface area contributed by atoms with E-state index in [1.165, 1.54) is 12.1 Å². The van der Waals surface area contributed by atoms with Crippen LogP contribution >= 0.6 is 11.3 Å². The first-order chi connectivity index (χ1) is 8.08. The Morgan fingerprint density at radius 1 is 1.59 bits per heavy atom. The average molecular weight is 257 g/mol. The van der Waals surface area contributed by atoms with Gasteiger partial charge in [0.2, 0.25) is 6.10 Å². The van der Waals surface area contributed by atoms with Gasteiger partial charge in [-0.25, -0.2) is 9.59 Å². The molecule has 0 radical (unpaired) electrons. The van der Waals surface area contributed by atoms with E-state index >= 15 is 0 Å². The van der Waals surface area contributed by atoms with E-state index in [9.17, 15) is 19.7 Å². The Balaban J connectivity index is 2.04. The highest BCUT2D eigenvalue weighted by Crippen LogP contribution is 2.25. The quantitative estimate of drug-likeness (QED) is 0.457. The topological polar surface area (TPSA) is 95.7 Å². The molecule has 8 heteroatoms. The second-order valence-corrected chi connectivity index (χ2v) is 4.31. The zero-order valence-electron chi connectivity index (χ0n) is 8.45. The Morgan fingerprint density at radius 2 is 2.35 bits per heavy atom. The number of nitro groups is 1. The molecule has 17 heavy (non-hydrogen) atoms. The van der Waals surface area contributed by atoms with Crippen molar-refractivity contribution in [2.45, 2.75) is 12.5 Å². The summed E-state index contributed by atoms with van der Waals surface area (Å²) in [4.78, 5) is 32.5. The molecule has 0 unspecified atom stereocenters. The van der Waals surface area contributed by atoms with E-state index in [2.05, 4.69) is 4.74 Å². The summed E-state index contributed by atoms with van der Waals surface area (Å²) in [7, 11) is 0. The molecule has 0 saturated carbocycles. The van der Waals surface area contributed by atoms with E-state index in [4.69, 9.17) is 4.74 Å². The van der Waals surface area contributed by atoms with Crippen molar-refractivity contribution in [2.75, 3.05) is 6.61 Å². The van der Waals surface area contributed by atoms with E-state index < -0.39 is 23.0 Å². The highest BCUT2D eigenvalue weighted by Gasteiger charge is 2.31. The maximum Gasteiger partial charge on any atom is 0.349 e. The molecular weight excluding hydrogens is 250 g/mol. The minimum absolute atomic E-state index is 0.0939. The van der Waals surface area contributed by atoms with Crippen LogP contribution in [-0.2, 0) is 14.3 Å². The SMILES string of the molecule is O=C(O[C@H]1CCOC1=O)c1ccc([N+](=O)[O-])s1. The van der Waals surface area contributed by atoms with Crippen LogP contribution in [0, 0.1) is 10.1 Å². The number of hydrogen-bond acceptors (Lipinski definition) is 7. The Hall–Kier alpha value is -1.96. The summed E-state index contributed by atoms with van der Waals surface area (Å²) >= 11 is 0.708. The molecule has 1 aliphatic heterocycles. The summed E-state index contributed by atoms with van der Waals surface area (Å²) < 4.78 is 9.50. The number of hydrogen-bond donors (Lipinski definition) is 0. The first-order valence-corrected chi connectivity index (χ1v) is 5.51. The molecule has 0 spiro atoms. The number of carbonyl (C=O) groups is 2. The summed E-state index contributed by atoms with van der Waals surface area (Å²) in [6, 6.07) is 2.51. The molecule has 0 bridgehead atoms. The van der Waals surface area contributed by atoms with Crippen molar-refractivity contribution in [3.8, 4) is 0 Å². The Morgan fingerprint density at radius 3 is 2.88 bits per heavy atom. The lowest BCUT2D eigenvalue weighted by molar-refractivity contribution is -0.380. The molecule has 1 atom stereocenters. The second-order valence-electron chi connectivity index (χ2n) is 3.25. The Labute approximate surface area is 99.1 Å². The number of thiophene rings is 1. The molecule has 0 N–H and O–H groups in total. The van der Waals surface area contributed by atoms with Crippen molar-refractivity contribution in [2.24, 2.45) is 0 Å². The van der Waals surface area contributed by atoms with Crippen LogP contribution in [0.3, 0.4) is 0 Å². The number of carbonyl (C=O) groups excluding carboxylic acids is 2. The molecule has 1 fully saturated rings. The fourth-order valence-electron chi connectivity index (χ4n) is 1.31. The van der Waals surface area contributed by atoms with E-state index in [1.54, 1.807) is 0 Å². The normalized spacial score (nSPS) is 18.8. The number of cyclic esters (lactones) is 1. The van der Waals surface area contributed by atoms with E-state index in [1.807, 2.05) is 0 Å². The standard InChI is InChI=1S/C9H7NO6S/c11-8-5(3-4-15-8)16-9(12)6-1-2-7(17-6)10(13)14/h1-2,5H,3-4H2/t5-/m0/s1. The molecular formula is C9H7NO6S. The van der Waals surface area contributed by atoms with Crippen LogP contribution in [-0.4, -0.2) is 29.6 Å². The van der Waals surface area contributed by atoms with Crippen molar-refractivity contribution >= 4 is 28.3 Å². The molecule has 1 aromatic rings. The van der Waals surface area contributed by atoms with Gasteiger partial charge in [-0.05, 0) is 6.07 Å². The summed E-state index contributed by atoms with van der Waals surface area (Å²) in [5.41, 5.74) is 0. The van der Waals surface area contributed by atoms with Gasteiger partial charge in [-0.3, -0.25) is 10.1 Å². The minimum atomic E-state index is -0.899. The van der Waals surface area contributed by atoms with Crippen molar-refractivity contribution < 1.29 is 24.0 Å². The molecule has 90 valence electrons. The van der Waals surface area contributed by atoms with Gasteiger partial charge < -0.3 is 9.47 Å². The predicted octanol–water partition coefficient (Wildman–Crippen LogP) is 1.13. The van der Waals surface area contributed by atoms with E-state index in [0.717, 1.165) is 0 Å². The second kappa shape index (κ2) is 4.50. The highest BCUT2D eigenvalue weighted by molar-refractivity contribution is 7.17. The third-order valence-electron chi connectivity index (χ3n) is 2.11. The smallest absolute Gasteiger partial charge is 0.349 e. The largest absolute Gasteiger partial charge is 0.463 e. The molecule has 1 aliphatic rings.